The van der Waals surface area contributed by atoms with E-state index in [1.165, 1.54) is 3.57 Å². The van der Waals surface area contributed by atoms with Crippen molar-refractivity contribution in [2.24, 2.45) is 0 Å². The molecule has 0 fully saturated rings. The van der Waals surface area contributed by atoms with Crippen molar-refractivity contribution in [2.45, 2.75) is 0 Å². The summed E-state index contributed by atoms with van der Waals surface area (Å²) in [5, 5.41) is 3.02. The van der Waals surface area contributed by atoms with E-state index in [-0.39, 0.29) is 0 Å². The summed E-state index contributed by atoms with van der Waals surface area (Å²) in [5.74, 6) is 0. The molecule has 0 bridgehead atoms. The van der Waals surface area contributed by atoms with E-state index in [0.717, 1.165) is 16.8 Å². The number of aromatic amines is 1. The quantitative estimate of drug-likeness (QED) is 0.535. The predicted molar refractivity (Wildman–Crippen MR) is 78.5 cm³/mol. The summed E-state index contributed by atoms with van der Waals surface area (Å²) in [6.45, 7) is 0. The molecule has 2 heterocycles. The van der Waals surface area contributed by atoms with Gasteiger partial charge in [0.25, 0.3) is 0 Å². The number of benzene rings is 1. The molecule has 84 valence electrons. The highest BCUT2D eigenvalue weighted by Gasteiger charge is 2.03. The van der Waals surface area contributed by atoms with Crippen LogP contribution in [0.1, 0.15) is 0 Å². The average Bonchev–Trinajstić information content (AvgIpc) is 2.78. The van der Waals surface area contributed by atoms with E-state index in [0.29, 0.717) is 4.77 Å². The maximum atomic E-state index is 5.24. The summed E-state index contributed by atoms with van der Waals surface area (Å²) in [5.41, 5.74) is 3.02. The molecule has 3 aromatic rings. The van der Waals surface area contributed by atoms with Crippen LogP contribution in [0.3, 0.4) is 0 Å². The Morgan fingerprint density at radius 3 is 2.71 bits per heavy atom. The van der Waals surface area contributed by atoms with Gasteiger partial charge in [0, 0.05) is 15.3 Å². The van der Waals surface area contributed by atoms with E-state index >= 15 is 0 Å². The molecule has 0 aliphatic heterocycles. The van der Waals surface area contributed by atoms with Crippen molar-refractivity contribution in [2.75, 3.05) is 0 Å². The number of hydrogen-bond donors (Lipinski definition) is 1. The highest BCUT2D eigenvalue weighted by molar-refractivity contribution is 14.1. The van der Waals surface area contributed by atoms with Crippen molar-refractivity contribution in [3.63, 3.8) is 0 Å². The fraction of sp³-hybridized carbons (Fsp3) is 0. The average molecular weight is 353 g/mol. The van der Waals surface area contributed by atoms with E-state index < -0.39 is 0 Å². The standard InChI is InChI=1S/C12H8IN3S/c13-9-3-1-8(2-4-9)11-7-10-5-6-14-16(10)12(17)15-11/h1-7,14H. The molecule has 0 aliphatic rings. The van der Waals surface area contributed by atoms with Gasteiger partial charge in [-0.25, -0.2) is 9.50 Å². The van der Waals surface area contributed by atoms with Gasteiger partial charge in [-0.15, -0.1) is 0 Å². The largest absolute Gasteiger partial charge is 0.299 e. The molecule has 3 nitrogen and oxygen atoms in total. The molecular weight excluding hydrogens is 345 g/mol. The number of nitrogens with one attached hydrogen (secondary N) is 1. The molecule has 1 N–H and O–H groups in total. The van der Waals surface area contributed by atoms with Gasteiger partial charge in [-0.1, -0.05) is 12.1 Å². The fourth-order valence-electron chi connectivity index (χ4n) is 1.72. The van der Waals surface area contributed by atoms with Crippen molar-refractivity contribution in [1.82, 2.24) is 14.6 Å². The molecule has 0 amide bonds. The molecular formula is C12H8IN3S. The van der Waals surface area contributed by atoms with Crippen molar-refractivity contribution < 1.29 is 0 Å². The van der Waals surface area contributed by atoms with Crippen LogP contribution in [0.15, 0.2) is 42.6 Å². The second kappa shape index (κ2) is 4.23. The Labute approximate surface area is 117 Å². The van der Waals surface area contributed by atoms with Gasteiger partial charge >= 0.3 is 0 Å². The third-order valence-electron chi connectivity index (χ3n) is 2.55. The lowest BCUT2D eigenvalue weighted by molar-refractivity contribution is 0.904. The van der Waals surface area contributed by atoms with Gasteiger partial charge in [-0.3, -0.25) is 5.10 Å². The normalized spacial score (nSPS) is 10.9. The maximum absolute atomic E-state index is 5.24. The number of hydrogen-bond acceptors (Lipinski definition) is 2. The molecule has 0 saturated carbocycles. The molecule has 17 heavy (non-hydrogen) atoms. The molecule has 3 rings (SSSR count). The minimum Gasteiger partial charge on any atom is -0.299 e. The van der Waals surface area contributed by atoms with Gasteiger partial charge in [0.05, 0.1) is 11.2 Å². The Morgan fingerprint density at radius 1 is 1.18 bits per heavy atom. The third-order valence-corrected chi connectivity index (χ3v) is 3.54. The van der Waals surface area contributed by atoms with Crippen LogP contribution >= 0.6 is 34.8 Å². The Hall–Kier alpha value is -1.21. The summed E-state index contributed by atoms with van der Waals surface area (Å²) >= 11 is 7.53. The van der Waals surface area contributed by atoms with Crippen molar-refractivity contribution >= 4 is 40.3 Å². The smallest absolute Gasteiger partial charge is 0.219 e. The van der Waals surface area contributed by atoms with E-state index in [9.17, 15) is 0 Å². The molecule has 0 atom stereocenters. The SMILES string of the molecule is S=c1nc(-c2ccc(I)cc2)cc2cc[nH]n12. The maximum Gasteiger partial charge on any atom is 0.219 e. The zero-order valence-corrected chi connectivity index (χ0v) is 11.7. The first-order valence-corrected chi connectivity index (χ1v) is 6.56. The summed E-state index contributed by atoms with van der Waals surface area (Å²) < 4.78 is 3.54. The highest BCUT2D eigenvalue weighted by atomic mass is 127. The zero-order chi connectivity index (χ0) is 11.8. The first-order valence-electron chi connectivity index (χ1n) is 5.07. The molecule has 2 aromatic heterocycles. The lowest BCUT2D eigenvalue weighted by atomic mass is 10.1. The number of H-pyrrole nitrogens is 1. The van der Waals surface area contributed by atoms with Crippen molar-refractivity contribution in [1.29, 1.82) is 0 Å². The molecule has 0 aliphatic carbocycles. The minimum absolute atomic E-state index is 0.543. The predicted octanol–water partition coefficient (Wildman–Crippen LogP) is 3.66. The fourth-order valence-corrected chi connectivity index (χ4v) is 2.33. The monoisotopic (exact) mass is 353 g/mol. The Kier molecular flexibility index (Phi) is 2.71. The zero-order valence-electron chi connectivity index (χ0n) is 8.72. The lowest BCUT2D eigenvalue weighted by Gasteiger charge is -2.02. The van der Waals surface area contributed by atoms with Crippen LogP contribution in [-0.2, 0) is 0 Å². The van der Waals surface area contributed by atoms with E-state index in [2.05, 4.69) is 56.9 Å². The number of halogens is 1. The summed E-state index contributed by atoms with van der Waals surface area (Å²) in [4.78, 5) is 4.42. The number of aromatic nitrogens is 3. The van der Waals surface area contributed by atoms with Gasteiger partial charge in [0.1, 0.15) is 0 Å². The molecule has 0 unspecified atom stereocenters. The number of nitrogens with zero attached hydrogens (tertiary/aromatic N) is 2. The van der Waals surface area contributed by atoms with Crippen LogP contribution in [0.4, 0.5) is 0 Å². The molecule has 0 spiro atoms. The van der Waals surface area contributed by atoms with Gasteiger partial charge < -0.3 is 0 Å². The van der Waals surface area contributed by atoms with Crippen molar-refractivity contribution in [3.8, 4) is 11.3 Å². The number of fused-ring (bicyclic) bond motifs is 1. The van der Waals surface area contributed by atoms with Gasteiger partial charge in [-0.05, 0) is 59.1 Å². The van der Waals surface area contributed by atoms with Crippen LogP contribution in [0.5, 0.6) is 0 Å². The Balaban J connectivity index is 2.23. The molecule has 0 saturated heterocycles. The topological polar surface area (TPSA) is 33.1 Å². The second-order valence-corrected chi connectivity index (χ2v) is 5.26. The van der Waals surface area contributed by atoms with Crippen LogP contribution in [0.25, 0.3) is 16.8 Å². The van der Waals surface area contributed by atoms with E-state index in [1.54, 1.807) is 4.52 Å². The first kappa shape index (κ1) is 10.9. The van der Waals surface area contributed by atoms with Crippen LogP contribution in [-0.4, -0.2) is 14.6 Å². The molecule has 5 heteroatoms. The highest BCUT2D eigenvalue weighted by Crippen LogP contribution is 2.19. The van der Waals surface area contributed by atoms with E-state index in [1.807, 2.05) is 18.3 Å². The minimum atomic E-state index is 0.543. The summed E-state index contributed by atoms with van der Waals surface area (Å²) in [7, 11) is 0. The third kappa shape index (κ3) is 2.00. The Bertz CT molecular complexity index is 727. The molecule has 1 aromatic carbocycles. The van der Waals surface area contributed by atoms with E-state index in [4.69, 9.17) is 12.2 Å². The summed E-state index contributed by atoms with van der Waals surface area (Å²) in [6.07, 6.45) is 1.85. The Morgan fingerprint density at radius 2 is 1.94 bits per heavy atom. The second-order valence-electron chi connectivity index (χ2n) is 3.65. The van der Waals surface area contributed by atoms with Crippen LogP contribution in [0.2, 0.25) is 0 Å². The van der Waals surface area contributed by atoms with Gasteiger partial charge in [-0.2, -0.15) is 0 Å². The lowest BCUT2D eigenvalue weighted by Crippen LogP contribution is -1.94. The molecule has 0 radical (unpaired) electrons. The van der Waals surface area contributed by atoms with Crippen molar-refractivity contribution in [3.05, 3.63) is 50.9 Å². The van der Waals surface area contributed by atoms with Crippen LogP contribution in [0, 0.1) is 8.34 Å². The van der Waals surface area contributed by atoms with Gasteiger partial charge in [0.2, 0.25) is 4.77 Å². The summed E-state index contributed by atoms with van der Waals surface area (Å²) in [6, 6.07) is 12.2. The van der Waals surface area contributed by atoms with Crippen LogP contribution < -0.4 is 0 Å². The van der Waals surface area contributed by atoms with Gasteiger partial charge in [0.15, 0.2) is 0 Å². The number of rotatable bonds is 1. The first-order chi connectivity index (χ1) is 8.24.